The minimum Gasteiger partial charge on any atom is -0.303 e. The van der Waals surface area contributed by atoms with E-state index in [1.165, 1.54) is 76.6 Å². The molecule has 0 bridgehead atoms. The monoisotopic (exact) mass is 415 g/mol. The van der Waals surface area contributed by atoms with Crippen LogP contribution in [0.5, 0.6) is 0 Å². The molecule has 2 heterocycles. The number of nitrogens with zero attached hydrogens (tertiary/aromatic N) is 3. The Morgan fingerprint density at radius 1 is 1.03 bits per heavy atom. The fraction of sp³-hybridized carbons (Fsp3) is 0.846. The lowest BCUT2D eigenvalue weighted by atomic mass is 9.78. The smallest absolute Gasteiger partial charge is 0.135 e. The van der Waals surface area contributed by atoms with Crippen LogP contribution in [-0.4, -0.2) is 40.1 Å². The van der Waals surface area contributed by atoms with Crippen molar-refractivity contribution >= 4 is 5.78 Å². The molecular formula is C26H45N3O. The first-order valence-electron chi connectivity index (χ1n) is 12.8. The SMILES string of the molecule is CCC(=O)[C@H]1CC[C@H](CCCCCN2CCC(Cn3cc(C(C)C)cn3)CC2)CC1. The second-order valence-corrected chi connectivity index (χ2v) is 10.3. The zero-order valence-electron chi connectivity index (χ0n) is 19.8. The maximum atomic E-state index is 11.9. The molecule has 1 saturated carbocycles. The van der Waals surface area contributed by atoms with E-state index in [1.54, 1.807) is 0 Å². The van der Waals surface area contributed by atoms with Crippen molar-refractivity contribution in [3.63, 3.8) is 0 Å². The highest BCUT2D eigenvalue weighted by atomic mass is 16.1. The molecule has 1 aliphatic carbocycles. The van der Waals surface area contributed by atoms with Crippen molar-refractivity contribution in [3.05, 3.63) is 18.0 Å². The van der Waals surface area contributed by atoms with E-state index in [1.807, 2.05) is 13.1 Å². The van der Waals surface area contributed by atoms with Gasteiger partial charge < -0.3 is 4.90 Å². The minimum atomic E-state index is 0.389. The van der Waals surface area contributed by atoms with Gasteiger partial charge in [-0.3, -0.25) is 9.48 Å². The number of hydrogen-bond acceptors (Lipinski definition) is 3. The molecule has 1 aromatic rings. The Bertz CT molecular complexity index is 622. The number of piperidine rings is 1. The molecule has 1 saturated heterocycles. The molecule has 0 aromatic carbocycles. The Labute approximate surface area is 184 Å². The quantitative estimate of drug-likeness (QED) is 0.412. The summed E-state index contributed by atoms with van der Waals surface area (Å²) in [4.78, 5) is 14.5. The van der Waals surface area contributed by atoms with Crippen LogP contribution in [0.1, 0.15) is 103 Å². The van der Waals surface area contributed by atoms with Gasteiger partial charge in [-0.1, -0.05) is 40.0 Å². The summed E-state index contributed by atoms with van der Waals surface area (Å²) in [5.41, 5.74) is 1.36. The van der Waals surface area contributed by atoms with Gasteiger partial charge in [0.2, 0.25) is 0 Å². The normalized spacial score (nSPS) is 23.9. The molecule has 0 atom stereocenters. The van der Waals surface area contributed by atoms with Gasteiger partial charge in [-0.05, 0) is 87.9 Å². The summed E-state index contributed by atoms with van der Waals surface area (Å²) in [6.07, 6.45) is 18.0. The summed E-state index contributed by atoms with van der Waals surface area (Å²) in [5.74, 6) is 3.14. The first-order valence-corrected chi connectivity index (χ1v) is 12.8. The highest BCUT2D eigenvalue weighted by molar-refractivity contribution is 5.80. The van der Waals surface area contributed by atoms with E-state index in [2.05, 4.69) is 34.7 Å². The van der Waals surface area contributed by atoms with Crippen molar-refractivity contribution in [1.82, 2.24) is 14.7 Å². The third kappa shape index (κ3) is 7.21. The Balaban J connectivity index is 1.21. The number of rotatable bonds is 11. The predicted octanol–water partition coefficient (Wildman–Crippen LogP) is 6.06. The standard InChI is InChI=1S/C26H45N3O/c1-4-26(30)24-11-9-22(10-12-24)8-6-5-7-15-28-16-13-23(14-17-28)19-29-20-25(18-27-29)21(2)3/h18,20-24H,4-17,19H2,1-3H3/t22-,24-. The second kappa shape index (κ2) is 12.0. The Hall–Kier alpha value is -1.16. The van der Waals surface area contributed by atoms with Crippen molar-refractivity contribution in [2.45, 2.75) is 104 Å². The molecule has 4 nitrogen and oxygen atoms in total. The van der Waals surface area contributed by atoms with Crippen LogP contribution in [0.25, 0.3) is 0 Å². The lowest BCUT2D eigenvalue weighted by molar-refractivity contribution is -0.123. The largest absolute Gasteiger partial charge is 0.303 e. The van der Waals surface area contributed by atoms with E-state index in [0.717, 1.165) is 37.6 Å². The van der Waals surface area contributed by atoms with Crippen LogP contribution < -0.4 is 0 Å². The molecule has 0 unspecified atom stereocenters. The number of carbonyl (C=O) groups excluding carboxylic acids is 1. The molecule has 1 aliphatic heterocycles. The van der Waals surface area contributed by atoms with Crippen molar-refractivity contribution in [1.29, 1.82) is 0 Å². The first kappa shape index (κ1) is 23.5. The molecule has 1 aromatic heterocycles. The summed E-state index contributed by atoms with van der Waals surface area (Å²) < 4.78 is 2.17. The molecular weight excluding hydrogens is 370 g/mol. The number of aromatic nitrogens is 2. The first-order chi connectivity index (χ1) is 14.5. The summed E-state index contributed by atoms with van der Waals surface area (Å²) in [7, 11) is 0. The Morgan fingerprint density at radius 3 is 2.40 bits per heavy atom. The molecule has 0 spiro atoms. The summed E-state index contributed by atoms with van der Waals surface area (Å²) >= 11 is 0. The molecule has 0 N–H and O–H groups in total. The average molecular weight is 416 g/mol. The van der Waals surface area contributed by atoms with E-state index in [4.69, 9.17) is 0 Å². The van der Waals surface area contributed by atoms with E-state index >= 15 is 0 Å². The topological polar surface area (TPSA) is 38.1 Å². The summed E-state index contributed by atoms with van der Waals surface area (Å²) in [6.45, 7) is 11.4. The van der Waals surface area contributed by atoms with Crippen LogP contribution in [0.15, 0.2) is 12.4 Å². The minimum absolute atomic E-state index is 0.389. The summed E-state index contributed by atoms with van der Waals surface area (Å²) in [6, 6.07) is 0. The number of hydrogen-bond donors (Lipinski definition) is 0. The Kier molecular flexibility index (Phi) is 9.42. The van der Waals surface area contributed by atoms with Crippen LogP contribution in [0, 0.1) is 17.8 Å². The Morgan fingerprint density at radius 2 is 1.77 bits per heavy atom. The zero-order valence-corrected chi connectivity index (χ0v) is 19.8. The third-order valence-electron chi connectivity index (χ3n) is 7.71. The highest BCUT2D eigenvalue weighted by Crippen LogP contribution is 2.33. The van der Waals surface area contributed by atoms with E-state index in [0.29, 0.717) is 17.6 Å². The van der Waals surface area contributed by atoms with Gasteiger partial charge in [-0.15, -0.1) is 0 Å². The maximum Gasteiger partial charge on any atom is 0.135 e. The van der Waals surface area contributed by atoms with Crippen LogP contribution in [0.4, 0.5) is 0 Å². The number of Topliss-reactive ketones (excluding diaryl/α,β-unsaturated/α-hetero) is 1. The van der Waals surface area contributed by atoms with Gasteiger partial charge in [0.15, 0.2) is 0 Å². The lowest BCUT2D eigenvalue weighted by Gasteiger charge is -2.32. The zero-order chi connectivity index (χ0) is 21.3. The second-order valence-electron chi connectivity index (χ2n) is 10.3. The van der Waals surface area contributed by atoms with Gasteiger partial charge >= 0.3 is 0 Å². The van der Waals surface area contributed by atoms with Crippen LogP contribution >= 0.6 is 0 Å². The molecule has 3 rings (SSSR count). The van der Waals surface area contributed by atoms with Gasteiger partial charge in [-0.25, -0.2) is 0 Å². The van der Waals surface area contributed by atoms with Gasteiger partial charge in [0.05, 0.1) is 6.20 Å². The van der Waals surface area contributed by atoms with Crippen LogP contribution in [0.3, 0.4) is 0 Å². The van der Waals surface area contributed by atoms with E-state index in [9.17, 15) is 4.79 Å². The molecule has 30 heavy (non-hydrogen) atoms. The van der Waals surface area contributed by atoms with Gasteiger partial charge in [0, 0.05) is 25.1 Å². The van der Waals surface area contributed by atoms with Crippen molar-refractivity contribution in [2.24, 2.45) is 17.8 Å². The lowest BCUT2D eigenvalue weighted by Crippen LogP contribution is -2.35. The highest BCUT2D eigenvalue weighted by Gasteiger charge is 2.25. The van der Waals surface area contributed by atoms with Gasteiger partial charge in [0.25, 0.3) is 0 Å². The van der Waals surface area contributed by atoms with Gasteiger partial charge in [-0.2, -0.15) is 5.10 Å². The molecule has 2 aliphatic rings. The average Bonchev–Trinajstić information content (AvgIpc) is 3.23. The third-order valence-corrected chi connectivity index (χ3v) is 7.71. The van der Waals surface area contributed by atoms with Crippen LogP contribution in [-0.2, 0) is 11.3 Å². The van der Waals surface area contributed by atoms with Crippen LogP contribution in [0.2, 0.25) is 0 Å². The molecule has 0 amide bonds. The number of likely N-dealkylation sites (tertiary alicyclic amines) is 1. The molecule has 170 valence electrons. The number of unbranched alkanes of at least 4 members (excludes halogenated alkanes) is 2. The predicted molar refractivity (Wildman–Crippen MR) is 125 cm³/mol. The van der Waals surface area contributed by atoms with E-state index in [-0.39, 0.29) is 0 Å². The van der Waals surface area contributed by atoms with E-state index < -0.39 is 0 Å². The van der Waals surface area contributed by atoms with Crippen molar-refractivity contribution in [2.75, 3.05) is 19.6 Å². The fourth-order valence-electron chi connectivity index (χ4n) is 5.44. The van der Waals surface area contributed by atoms with Crippen molar-refractivity contribution < 1.29 is 4.79 Å². The number of carbonyl (C=O) groups is 1. The summed E-state index contributed by atoms with van der Waals surface area (Å²) in [5, 5.41) is 4.56. The molecule has 2 fully saturated rings. The van der Waals surface area contributed by atoms with Gasteiger partial charge in [0.1, 0.15) is 5.78 Å². The fourth-order valence-corrected chi connectivity index (χ4v) is 5.44. The molecule has 4 heteroatoms. The van der Waals surface area contributed by atoms with Crippen molar-refractivity contribution in [3.8, 4) is 0 Å². The number of ketones is 1. The maximum absolute atomic E-state index is 11.9. The molecule has 0 radical (unpaired) electrons.